The molecule has 0 aliphatic carbocycles. The largest absolute Gasteiger partial charge is 0.490 e. The number of hydrogen-bond acceptors (Lipinski definition) is 6. The highest BCUT2D eigenvalue weighted by atomic mass is 19.4. The van der Waals surface area contributed by atoms with Gasteiger partial charge in [0.15, 0.2) is 0 Å². The molecular formula is C19H21F6N7O4. The lowest BCUT2D eigenvalue weighted by atomic mass is 10.3. The fourth-order valence-electron chi connectivity index (χ4n) is 3.01. The summed E-state index contributed by atoms with van der Waals surface area (Å²) >= 11 is 0. The van der Waals surface area contributed by atoms with Crippen LogP contribution in [0.25, 0.3) is 0 Å². The van der Waals surface area contributed by atoms with Crippen LogP contribution in [0.15, 0.2) is 37.1 Å². The van der Waals surface area contributed by atoms with Crippen LogP contribution in [-0.4, -0.2) is 75.1 Å². The van der Waals surface area contributed by atoms with Crippen molar-refractivity contribution in [2.24, 2.45) is 7.05 Å². The highest BCUT2D eigenvalue weighted by molar-refractivity contribution is 5.73. The summed E-state index contributed by atoms with van der Waals surface area (Å²) < 4.78 is 69.6. The zero-order chi connectivity index (χ0) is 27.1. The molecule has 0 atom stereocenters. The Kier molecular flexibility index (Phi) is 9.21. The smallest absolute Gasteiger partial charge is 0.475 e. The molecule has 3 aromatic rings. The summed E-state index contributed by atoms with van der Waals surface area (Å²) in [6.45, 7) is 4.60. The summed E-state index contributed by atoms with van der Waals surface area (Å²) in [5.74, 6) is -4.38. The minimum Gasteiger partial charge on any atom is -0.475 e. The van der Waals surface area contributed by atoms with Gasteiger partial charge in [-0.05, 0) is 6.07 Å². The number of rotatable bonds is 4. The third-order valence-corrected chi connectivity index (χ3v) is 4.56. The topological polar surface area (TPSA) is 131 Å². The lowest BCUT2D eigenvalue weighted by Gasteiger charge is -2.28. The van der Waals surface area contributed by atoms with E-state index in [2.05, 4.69) is 30.8 Å². The van der Waals surface area contributed by atoms with Crippen LogP contribution >= 0.6 is 0 Å². The fraction of sp³-hybridized carbons (Fsp3) is 0.421. The van der Waals surface area contributed by atoms with E-state index in [9.17, 15) is 26.3 Å². The highest BCUT2D eigenvalue weighted by Crippen LogP contribution is 2.17. The second-order valence-electron chi connectivity index (χ2n) is 7.36. The van der Waals surface area contributed by atoms with E-state index in [1.54, 1.807) is 0 Å². The minimum atomic E-state index is -5.08. The second-order valence-corrected chi connectivity index (χ2v) is 7.36. The molecule has 0 saturated carbocycles. The van der Waals surface area contributed by atoms with E-state index in [4.69, 9.17) is 19.8 Å². The van der Waals surface area contributed by atoms with E-state index in [-0.39, 0.29) is 0 Å². The second kappa shape index (κ2) is 11.7. The lowest BCUT2D eigenvalue weighted by molar-refractivity contribution is -0.193. The molecule has 17 heteroatoms. The first kappa shape index (κ1) is 28.3. The molecule has 3 aromatic heterocycles. The van der Waals surface area contributed by atoms with Gasteiger partial charge in [-0.3, -0.25) is 14.3 Å². The van der Waals surface area contributed by atoms with Crippen LogP contribution in [0.4, 0.5) is 26.3 Å². The molecule has 11 nitrogen and oxygen atoms in total. The molecule has 0 spiro atoms. The van der Waals surface area contributed by atoms with Crippen LogP contribution in [-0.2, 0) is 42.8 Å². The van der Waals surface area contributed by atoms with Crippen LogP contribution in [0.1, 0.15) is 17.1 Å². The Hall–Kier alpha value is -3.89. The highest BCUT2D eigenvalue weighted by Gasteiger charge is 2.38. The van der Waals surface area contributed by atoms with E-state index >= 15 is 0 Å². The maximum atomic E-state index is 10.6. The summed E-state index contributed by atoms with van der Waals surface area (Å²) in [5, 5.41) is 22.8. The molecule has 0 bridgehead atoms. The van der Waals surface area contributed by atoms with Gasteiger partial charge in [0.2, 0.25) is 0 Å². The van der Waals surface area contributed by atoms with E-state index in [1.165, 1.54) is 11.3 Å². The SMILES string of the molecule is Cn1cc(CN2CCn3c(Cn4cccn4)cnc3C2)cn1.O=C(O)C(F)(F)F.O=C(O)C(F)(F)F. The Morgan fingerprint density at radius 3 is 2.06 bits per heavy atom. The Morgan fingerprint density at radius 2 is 1.58 bits per heavy atom. The first-order valence-corrected chi connectivity index (χ1v) is 9.97. The van der Waals surface area contributed by atoms with Gasteiger partial charge < -0.3 is 14.8 Å². The summed E-state index contributed by atoms with van der Waals surface area (Å²) in [5.41, 5.74) is 2.47. The zero-order valence-electron chi connectivity index (χ0n) is 18.6. The molecule has 0 unspecified atom stereocenters. The van der Waals surface area contributed by atoms with Crippen molar-refractivity contribution in [3.8, 4) is 0 Å². The summed E-state index contributed by atoms with van der Waals surface area (Å²) in [6.07, 6.45) is -0.389. The van der Waals surface area contributed by atoms with Crippen molar-refractivity contribution >= 4 is 11.9 Å². The van der Waals surface area contributed by atoms with Crippen LogP contribution < -0.4 is 0 Å². The molecule has 1 aliphatic heterocycles. The molecule has 2 N–H and O–H groups in total. The van der Waals surface area contributed by atoms with Crippen molar-refractivity contribution in [3.05, 3.63) is 54.1 Å². The molecule has 0 fully saturated rings. The zero-order valence-corrected chi connectivity index (χ0v) is 18.6. The average molecular weight is 525 g/mol. The van der Waals surface area contributed by atoms with Gasteiger partial charge in [-0.1, -0.05) is 0 Å². The third kappa shape index (κ3) is 8.71. The van der Waals surface area contributed by atoms with E-state index < -0.39 is 24.3 Å². The monoisotopic (exact) mass is 525 g/mol. The number of alkyl halides is 6. The Morgan fingerprint density at radius 1 is 0.972 bits per heavy atom. The summed E-state index contributed by atoms with van der Waals surface area (Å²) in [4.78, 5) is 24.8. The molecule has 4 heterocycles. The van der Waals surface area contributed by atoms with Gasteiger partial charge >= 0.3 is 24.3 Å². The van der Waals surface area contributed by atoms with E-state index in [0.29, 0.717) is 0 Å². The number of halogens is 6. The number of nitrogens with zero attached hydrogens (tertiary/aromatic N) is 7. The first-order chi connectivity index (χ1) is 16.7. The van der Waals surface area contributed by atoms with Gasteiger partial charge in [0.05, 0.1) is 31.2 Å². The van der Waals surface area contributed by atoms with Gasteiger partial charge in [0, 0.05) is 50.8 Å². The summed E-state index contributed by atoms with van der Waals surface area (Å²) in [6, 6.07) is 1.95. The molecule has 0 saturated heterocycles. The Labute approximate surface area is 199 Å². The van der Waals surface area contributed by atoms with Gasteiger partial charge in [-0.2, -0.15) is 36.5 Å². The normalized spacial score (nSPS) is 13.6. The van der Waals surface area contributed by atoms with Crippen molar-refractivity contribution in [3.63, 3.8) is 0 Å². The van der Waals surface area contributed by atoms with Crippen molar-refractivity contribution in [1.29, 1.82) is 0 Å². The van der Waals surface area contributed by atoms with E-state index in [1.807, 2.05) is 47.3 Å². The third-order valence-electron chi connectivity index (χ3n) is 4.56. The fourth-order valence-corrected chi connectivity index (χ4v) is 3.01. The quantitative estimate of drug-likeness (QED) is 0.496. The number of aliphatic carboxylic acids is 2. The number of carbonyl (C=O) groups is 2. The maximum absolute atomic E-state index is 10.6. The maximum Gasteiger partial charge on any atom is 0.490 e. The van der Waals surface area contributed by atoms with Crippen LogP contribution in [0.3, 0.4) is 0 Å². The molecule has 0 amide bonds. The average Bonchev–Trinajstić information content (AvgIpc) is 3.50. The van der Waals surface area contributed by atoms with Gasteiger partial charge in [-0.25, -0.2) is 14.6 Å². The molecule has 36 heavy (non-hydrogen) atoms. The van der Waals surface area contributed by atoms with Crippen molar-refractivity contribution < 1.29 is 46.1 Å². The van der Waals surface area contributed by atoms with Crippen LogP contribution in [0.2, 0.25) is 0 Å². The molecule has 4 rings (SSSR count). The molecule has 198 valence electrons. The molecule has 1 aliphatic rings. The number of fused-ring (bicyclic) bond motifs is 1. The van der Waals surface area contributed by atoms with Gasteiger partial charge in [-0.15, -0.1) is 0 Å². The van der Waals surface area contributed by atoms with Crippen molar-refractivity contribution in [2.75, 3.05) is 6.54 Å². The number of aromatic nitrogens is 6. The van der Waals surface area contributed by atoms with Crippen molar-refractivity contribution in [2.45, 2.75) is 38.5 Å². The first-order valence-electron chi connectivity index (χ1n) is 9.97. The van der Waals surface area contributed by atoms with Crippen LogP contribution in [0, 0.1) is 0 Å². The Bertz CT molecular complexity index is 1110. The molecule has 0 radical (unpaired) electrons. The van der Waals surface area contributed by atoms with E-state index in [0.717, 1.165) is 38.5 Å². The number of aryl methyl sites for hydroxylation is 1. The molecule has 0 aromatic carbocycles. The van der Waals surface area contributed by atoms with Gasteiger partial charge in [0.25, 0.3) is 0 Å². The standard InChI is InChI=1S/C15H19N7.2C2HF3O2/c1-19-9-13(7-18-19)10-20-5-6-22-14(8-16-15(22)12-20)11-21-4-2-3-17-21;2*3-2(4,5)1(6)7/h2-4,7-9H,5-6,10-12H2,1H3;2*(H,6,7). The number of imidazole rings is 1. The number of carboxylic acids is 2. The van der Waals surface area contributed by atoms with Crippen molar-refractivity contribution in [1.82, 2.24) is 34.0 Å². The van der Waals surface area contributed by atoms with Crippen LogP contribution in [0.5, 0.6) is 0 Å². The Balaban J connectivity index is 0.000000271. The predicted molar refractivity (Wildman–Crippen MR) is 108 cm³/mol. The number of hydrogen-bond donors (Lipinski definition) is 2. The summed E-state index contributed by atoms with van der Waals surface area (Å²) in [7, 11) is 1.95. The predicted octanol–water partition coefficient (Wildman–Crippen LogP) is 2.14. The number of carboxylic acid groups (broad SMARTS) is 2. The molecular weight excluding hydrogens is 504 g/mol. The lowest BCUT2D eigenvalue weighted by Crippen LogP contribution is -2.34. The van der Waals surface area contributed by atoms with Gasteiger partial charge in [0.1, 0.15) is 5.82 Å². The minimum absolute atomic E-state index is 0.780.